The zero-order valence-electron chi connectivity index (χ0n) is 25.0. The summed E-state index contributed by atoms with van der Waals surface area (Å²) >= 11 is 0. The third kappa shape index (κ3) is 6.61. The van der Waals surface area contributed by atoms with E-state index >= 15 is 0 Å². The van der Waals surface area contributed by atoms with Crippen molar-refractivity contribution in [2.45, 2.75) is 51.4 Å². The third-order valence-electron chi connectivity index (χ3n) is 8.37. The van der Waals surface area contributed by atoms with Crippen LogP contribution in [0.3, 0.4) is 0 Å². The highest BCUT2D eigenvalue weighted by molar-refractivity contribution is 7.90. The molecule has 2 saturated heterocycles. The quantitative estimate of drug-likeness (QED) is 0.337. The molecule has 0 bridgehead atoms. The second-order valence-corrected chi connectivity index (χ2v) is 13.9. The molecule has 5 rings (SSSR count). The van der Waals surface area contributed by atoms with Crippen molar-refractivity contribution < 1.29 is 23.0 Å². The first kappa shape index (κ1) is 30.4. The Balaban J connectivity index is 1.37. The van der Waals surface area contributed by atoms with Gasteiger partial charge in [0.05, 0.1) is 25.1 Å². The molecule has 2 aliphatic rings. The summed E-state index contributed by atoms with van der Waals surface area (Å²) in [6.45, 7) is 8.67. The Bertz CT molecular complexity index is 1500. The third-order valence-corrected chi connectivity index (χ3v) is 9.40. The first-order chi connectivity index (χ1) is 20.1. The van der Waals surface area contributed by atoms with E-state index in [1.165, 1.54) is 11.8 Å². The molecule has 42 heavy (non-hydrogen) atoms. The Morgan fingerprint density at radius 3 is 2.62 bits per heavy atom. The van der Waals surface area contributed by atoms with Gasteiger partial charge in [0.15, 0.2) is 0 Å². The Labute approximate surface area is 248 Å². The van der Waals surface area contributed by atoms with Gasteiger partial charge in [-0.15, -0.1) is 0 Å². The molecule has 11 nitrogen and oxygen atoms in total. The molecule has 228 valence electrons. The molecular weight excluding hydrogens is 556 g/mol. The molecule has 3 aromatic rings. The molecule has 12 heteroatoms. The van der Waals surface area contributed by atoms with E-state index in [0.717, 1.165) is 29.4 Å². The highest BCUT2D eigenvalue weighted by Crippen LogP contribution is 2.39. The first-order valence-electron chi connectivity index (χ1n) is 14.5. The van der Waals surface area contributed by atoms with E-state index < -0.39 is 9.84 Å². The molecule has 2 N–H and O–H groups in total. The number of aliphatic hydroxyl groups is 1. The standard InChI is InChI=1S/C30H42N6O5S/c1-19(2)22-6-7-25(36-16-21(20(36)3)18-42(5,38)39)24-15-32-29(14-23(22)24)33-28-8-10-31-30(34-28)35-11-9-26(40-4)27(17-35)41-13-12-37/h6-8,10,14-15,19-21,26-27,37H,9,11-13,16-18H2,1-5H3,(H,31,32,33,34)/t20-,21-,26-,27+/m1/s1. The maximum atomic E-state index is 11.9. The molecule has 0 spiro atoms. The Morgan fingerprint density at radius 1 is 1.12 bits per heavy atom. The number of aromatic nitrogens is 3. The molecule has 1 aromatic carbocycles. The van der Waals surface area contributed by atoms with Crippen LogP contribution in [0.4, 0.5) is 23.3 Å². The molecule has 4 heterocycles. The van der Waals surface area contributed by atoms with E-state index in [1.807, 2.05) is 12.3 Å². The maximum Gasteiger partial charge on any atom is 0.227 e. The molecular formula is C30H42N6O5S. The Hall–Kier alpha value is -3.06. The van der Waals surface area contributed by atoms with Crippen LogP contribution in [0.1, 0.15) is 38.7 Å². The van der Waals surface area contributed by atoms with Crippen LogP contribution in [-0.4, -0.2) is 98.7 Å². The Kier molecular flexibility index (Phi) is 9.17. The predicted octanol–water partition coefficient (Wildman–Crippen LogP) is 3.36. The lowest BCUT2D eigenvalue weighted by Gasteiger charge is -2.48. The summed E-state index contributed by atoms with van der Waals surface area (Å²) in [6.07, 6.45) is 5.48. The lowest BCUT2D eigenvalue weighted by Crippen LogP contribution is -2.57. The minimum Gasteiger partial charge on any atom is -0.394 e. The van der Waals surface area contributed by atoms with Crippen molar-refractivity contribution >= 4 is 43.9 Å². The number of fused-ring (bicyclic) bond motifs is 1. The SMILES string of the molecule is CO[C@@H]1CCN(c2nccc(Nc3cc4c(C(C)C)ccc(N5C[C@H](CS(C)(=O)=O)[C@H]5C)c4cn3)n2)C[C@@H]1OCCO. The van der Waals surface area contributed by atoms with Crippen LogP contribution in [0.2, 0.25) is 0 Å². The summed E-state index contributed by atoms with van der Waals surface area (Å²) in [5.74, 6) is 2.55. The van der Waals surface area contributed by atoms with Crippen LogP contribution in [0.15, 0.2) is 36.7 Å². The highest BCUT2D eigenvalue weighted by Gasteiger charge is 2.38. The zero-order chi connectivity index (χ0) is 30.0. The van der Waals surface area contributed by atoms with E-state index in [-0.39, 0.29) is 43.1 Å². The number of piperidine rings is 1. The van der Waals surface area contributed by atoms with E-state index in [1.54, 1.807) is 13.3 Å². The number of sulfone groups is 1. The van der Waals surface area contributed by atoms with E-state index in [2.05, 4.69) is 59.1 Å². The van der Waals surface area contributed by atoms with Crippen molar-refractivity contribution in [2.24, 2.45) is 5.92 Å². The summed E-state index contributed by atoms with van der Waals surface area (Å²) in [7, 11) is -1.34. The predicted molar refractivity (Wildman–Crippen MR) is 166 cm³/mol. The second kappa shape index (κ2) is 12.7. The van der Waals surface area contributed by atoms with Crippen molar-refractivity contribution in [2.75, 3.05) is 67.1 Å². The molecule has 2 aliphatic heterocycles. The average Bonchev–Trinajstić information content (AvgIpc) is 2.96. The molecule has 4 atom stereocenters. The van der Waals surface area contributed by atoms with Gasteiger partial charge in [-0.3, -0.25) is 0 Å². The minimum absolute atomic E-state index is 0.0393. The largest absolute Gasteiger partial charge is 0.394 e. The molecule has 0 aliphatic carbocycles. The number of rotatable bonds is 11. The van der Waals surface area contributed by atoms with Gasteiger partial charge < -0.3 is 29.7 Å². The molecule has 2 fully saturated rings. The van der Waals surface area contributed by atoms with Crippen LogP contribution in [0.25, 0.3) is 10.8 Å². The van der Waals surface area contributed by atoms with Gasteiger partial charge in [-0.2, -0.15) is 4.98 Å². The fraction of sp³-hybridized carbons (Fsp3) is 0.567. The lowest BCUT2D eigenvalue weighted by atomic mass is 9.88. The monoisotopic (exact) mass is 598 g/mol. The maximum absolute atomic E-state index is 11.9. The van der Waals surface area contributed by atoms with E-state index in [0.29, 0.717) is 36.6 Å². The van der Waals surface area contributed by atoms with Crippen molar-refractivity contribution in [3.63, 3.8) is 0 Å². The van der Waals surface area contributed by atoms with Crippen LogP contribution >= 0.6 is 0 Å². The minimum atomic E-state index is -3.02. The summed E-state index contributed by atoms with van der Waals surface area (Å²) in [5.41, 5.74) is 2.30. The number of anilines is 4. The molecule has 0 unspecified atom stereocenters. The van der Waals surface area contributed by atoms with Crippen LogP contribution < -0.4 is 15.1 Å². The van der Waals surface area contributed by atoms with Gasteiger partial charge in [-0.1, -0.05) is 19.9 Å². The van der Waals surface area contributed by atoms with Crippen LogP contribution in [-0.2, 0) is 19.3 Å². The van der Waals surface area contributed by atoms with Gasteiger partial charge in [0, 0.05) is 68.4 Å². The van der Waals surface area contributed by atoms with Gasteiger partial charge in [-0.05, 0) is 48.4 Å². The molecule has 0 radical (unpaired) electrons. The van der Waals surface area contributed by atoms with Gasteiger partial charge in [-0.25, -0.2) is 18.4 Å². The topological polar surface area (TPSA) is 130 Å². The first-order valence-corrected chi connectivity index (χ1v) is 16.6. The smallest absolute Gasteiger partial charge is 0.227 e. The fourth-order valence-electron chi connectivity index (χ4n) is 6.07. The molecule has 0 amide bonds. The summed E-state index contributed by atoms with van der Waals surface area (Å²) < 4.78 is 35.2. The number of nitrogens with zero attached hydrogens (tertiary/aromatic N) is 5. The summed E-state index contributed by atoms with van der Waals surface area (Å²) in [4.78, 5) is 18.4. The van der Waals surface area contributed by atoms with Gasteiger partial charge in [0.25, 0.3) is 0 Å². The van der Waals surface area contributed by atoms with E-state index in [9.17, 15) is 13.5 Å². The summed E-state index contributed by atoms with van der Waals surface area (Å²) in [5, 5.41) is 14.7. The van der Waals surface area contributed by atoms with Crippen molar-refractivity contribution in [3.05, 3.63) is 42.2 Å². The number of ether oxygens (including phenoxy) is 2. The summed E-state index contributed by atoms with van der Waals surface area (Å²) in [6, 6.07) is 8.33. The van der Waals surface area contributed by atoms with Gasteiger partial charge in [0.1, 0.15) is 27.6 Å². The fourth-order valence-corrected chi connectivity index (χ4v) is 7.23. The number of methoxy groups -OCH3 is 1. The van der Waals surface area contributed by atoms with E-state index in [4.69, 9.17) is 19.4 Å². The van der Waals surface area contributed by atoms with Crippen LogP contribution in [0.5, 0.6) is 0 Å². The highest BCUT2D eigenvalue weighted by atomic mass is 32.2. The normalized spacial score (nSPS) is 22.9. The number of pyridine rings is 1. The van der Waals surface area contributed by atoms with Crippen molar-refractivity contribution in [1.82, 2.24) is 15.0 Å². The lowest BCUT2D eigenvalue weighted by molar-refractivity contribution is -0.0707. The van der Waals surface area contributed by atoms with Crippen molar-refractivity contribution in [3.8, 4) is 0 Å². The number of hydrogen-bond acceptors (Lipinski definition) is 11. The average molecular weight is 599 g/mol. The van der Waals surface area contributed by atoms with Crippen molar-refractivity contribution in [1.29, 1.82) is 0 Å². The second-order valence-electron chi connectivity index (χ2n) is 11.7. The number of aliphatic hydroxyl groups excluding tert-OH is 1. The number of nitrogens with one attached hydrogen (secondary N) is 1. The van der Waals surface area contributed by atoms with Gasteiger partial charge in [0.2, 0.25) is 5.95 Å². The number of benzene rings is 1. The van der Waals surface area contributed by atoms with Crippen LogP contribution in [0, 0.1) is 5.92 Å². The van der Waals surface area contributed by atoms with Gasteiger partial charge >= 0.3 is 0 Å². The number of hydrogen-bond donors (Lipinski definition) is 2. The Morgan fingerprint density at radius 2 is 1.93 bits per heavy atom. The zero-order valence-corrected chi connectivity index (χ0v) is 25.8. The molecule has 2 aromatic heterocycles. The molecule has 0 saturated carbocycles.